The van der Waals surface area contributed by atoms with E-state index in [1.165, 1.54) is 18.2 Å². The fraction of sp³-hybridized carbons (Fsp3) is 0.364. The minimum absolute atomic E-state index is 0.166. The molecule has 0 fully saturated rings. The topological polar surface area (TPSA) is 80.5 Å². The summed E-state index contributed by atoms with van der Waals surface area (Å²) in [5.41, 5.74) is 5.48. The van der Waals surface area contributed by atoms with Crippen molar-refractivity contribution in [1.29, 1.82) is 0 Å². The van der Waals surface area contributed by atoms with Crippen LogP contribution in [0.15, 0.2) is 18.2 Å². The number of carbonyl (C=O) groups excluding carboxylic acids is 1. The van der Waals surface area contributed by atoms with Gasteiger partial charge in [0.1, 0.15) is 0 Å². The van der Waals surface area contributed by atoms with Crippen molar-refractivity contribution in [1.82, 2.24) is 4.31 Å². The highest BCUT2D eigenvalue weighted by Gasteiger charge is 2.22. The summed E-state index contributed by atoms with van der Waals surface area (Å²) in [4.78, 5) is 10.8. The Labute approximate surface area is 122 Å². The summed E-state index contributed by atoms with van der Waals surface area (Å²) in [5, 5.41) is 0.714. The van der Waals surface area contributed by atoms with Gasteiger partial charge in [-0.1, -0.05) is 30.1 Å². The summed E-state index contributed by atoms with van der Waals surface area (Å²) in [7, 11) is -3.64. The van der Waals surface area contributed by atoms with E-state index in [2.05, 4.69) is 0 Å². The third-order valence-corrected chi connectivity index (χ3v) is 4.66. The third kappa shape index (κ3) is 4.99. The van der Waals surface area contributed by atoms with Crippen LogP contribution in [0, 0.1) is 0 Å². The van der Waals surface area contributed by atoms with Gasteiger partial charge < -0.3 is 5.73 Å². The molecule has 2 N–H and O–H groups in total. The quantitative estimate of drug-likeness (QED) is 0.863. The summed E-state index contributed by atoms with van der Waals surface area (Å²) in [5.74, 6) is -0.983. The summed E-state index contributed by atoms with van der Waals surface area (Å²) < 4.78 is 25.3. The number of primary amides is 1. The molecule has 19 heavy (non-hydrogen) atoms. The van der Waals surface area contributed by atoms with E-state index in [-0.39, 0.29) is 18.8 Å². The molecule has 0 unspecified atom stereocenters. The van der Waals surface area contributed by atoms with Crippen molar-refractivity contribution in [3.8, 4) is 0 Å². The van der Waals surface area contributed by atoms with Crippen LogP contribution in [0.3, 0.4) is 0 Å². The molecule has 0 heterocycles. The van der Waals surface area contributed by atoms with Gasteiger partial charge in [-0.15, -0.1) is 0 Å². The molecular weight excluding hydrogens is 311 g/mol. The molecule has 1 aromatic carbocycles. The number of likely N-dealkylation sites (N-methyl/N-ethyl adjacent to an activating group) is 1. The first-order valence-corrected chi connectivity index (χ1v) is 7.82. The maximum Gasteiger partial charge on any atom is 0.232 e. The number of amides is 1. The molecule has 0 bridgehead atoms. The Morgan fingerprint density at radius 3 is 2.21 bits per heavy atom. The van der Waals surface area contributed by atoms with Crippen LogP contribution < -0.4 is 5.73 Å². The third-order valence-electron chi connectivity index (χ3n) is 2.35. The van der Waals surface area contributed by atoms with Crippen LogP contribution in [0.25, 0.3) is 0 Å². The molecule has 0 atom stereocenters. The second-order valence-electron chi connectivity index (χ2n) is 3.93. The second-order valence-corrected chi connectivity index (χ2v) is 6.77. The van der Waals surface area contributed by atoms with Gasteiger partial charge in [-0.2, -0.15) is 4.31 Å². The van der Waals surface area contributed by atoms with E-state index in [0.717, 1.165) is 4.31 Å². The van der Waals surface area contributed by atoms with Crippen molar-refractivity contribution in [3.05, 3.63) is 33.8 Å². The molecule has 1 amide bonds. The highest BCUT2D eigenvalue weighted by Crippen LogP contribution is 2.21. The van der Waals surface area contributed by atoms with E-state index in [1.807, 2.05) is 0 Å². The predicted octanol–water partition coefficient (Wildman–Crippen LogP) is 1.63. The van der Waals surface area contributed by atoms with Gasteiger partial charge in [-0.25, -0.2) is 8.42 Å². The van der Waals surface area contributed by atoms with Gasteiger partial charge >= 0.3 is 0 Å². The molecule has 0 aliphatic carbocycles. The SMILES string of the molecule is CCN(CC(N)=O)S(=O)(=O)Cc1cc(Cl)cc(Cl)c1. The molecule has 0 aliphatic heterocycles. The average Bonchev–Trinajstić information content (AvgIpc) is 2.22. The number of rotatable bonds is 6. The Hall–Kier alpha value is -0.820. The minimum Gasteiger partial charge on any atom is -0.369 e. The maximum absolute atomic E-state index is 12.1. The van der Waals surface area contributed by atoms with Crippen LogP contribution in [0.2, 0.25) is 10.0 Å². The van der Waals surface area contributed by atoms with Crippen molar-refractivity contribution < 1.29 is 13.2 Å². The zero-order valence-electron chi connectivity index (χ0n) is 10.3. The van der Waals surface area contributed by atoms with Gasteiger partial charge in [0.15, 0.2) is 0 Å². The van der Waals surface area contributed by atoms with E-state index in [9.17, 15) is 13.2 Å². The first-order chi connectivity index (χ1) is 8.74. The van der Waals surface area contributed by atoms with Crippen LogP contribution in [0.4, 0.5) is 0 Å². The zero-order valence-corrected chi connectivity index (χ0v) is 12.6. The van der Waals surface area contributed by atoms with Crippen molar-refractivity contribution in [3.63, 3.8) is 0 Å². The number of sulfonamides is 1. The average molecular weight is 325 g/mol. The van der Waals surface area contributed by atoms with E-state index >= 15 is 0 Å². The molecule has 8 heteroatoms. The number of carbonyl (C=O) groups is 1. The van der Waals surface area contributed by atoms with Gasteiger partial charge in [0, 0.05) is 16.6 Å². The Kier molecular flexibility index (Phi) is 5.61. The Balaban J connectivity index is 2.97. The fourth-order valence-electron chi connectivity index (χ4n) is 1.58. The zero-order chi connectivity index (χ0) is 14.6. The van der Waals surface area contributed by atoms with Crippen LogP contribution in [-0.2, 0) is 20.6 Å². The van der Waals surface area contributed by atoms with Crippen molar-refractivity contribution >= 4 is 39.1 Å². The Bertz CT molecular complexity index is 555. The molecule has 106 valence electrons. The number of hydrogen-bond donors (Lipinski definition) is 1. The largest absolute Gasteiger partial charge is 0.369 e. The maximum atomic E-state index is 12.1. The number of halogens is 2. The van der Waals surface area contributed by atoms with Crippen LogP contribution in [0.5, 0.6) is 0 Å². The fourth-order valence-corrected chi connectivity index (χ4v) is 3.64. The van der Waals surface area contributed by atoms with Crippen LogP contribution in [-0.4, -0.2) is 31.7 Å². The van der Waals surface area contributed by atoms with Gasteiger partial charge in [0.25, 0.3) is 0 Å². The van der Waals surface area contributed by atoms with Crippen LogP contribution in [0.1, 0.15) is 12.5 Å². The molecule has 0 saturated heterocycles. The van der Waals surface area contributed by atoms with Crippen LogP contribution >= 0.6 is 23.2 Å². The molecule has 1 aromatic rings. The number of benzene rings is 1. The van der Waals surface area contributed by atoms with E-state index in [0.29, 0.717) is 15.6 Å². The standard InChI is InChI=1S/C11H14Cl2N2O3S/c1-2-15(6-11(14)16)19(17,18)7-8-3-9(12)5-10(13)4-8/h3-5H,2,6-7H2,1H3,(H2,14,16). The molecule has 0 saturated carbocycles. The minimum atomic E-state index is -3.64. The molecule has 0 aromatic heterocycles. The second kappa shape index (κ2) is 6.56. The van der Waals surface area contributed by atoms with E-state index in [4.69, 9.17) is 28.9 Å². The predicted molar refractivity (Wildman–Crippen MR) is 75.5 cm³/mol. The number of hydrogen-bond acceptors (Lipinski definition) is 3. The highest BCUT2D eigenvalue weighted by molar-refractivity contribution is 7.88. The molecule has 5 nitrogen and oxygen atoms in total. The number of nitrogens with zero attached hydrogens (tertiary/aromatic N) is 1. The Morgan fingerprint density at radius 1 is 1.26 bits per heavy atom. The lowest BCUT2D eigenvalue weighted by Gasteiger charge is -2.18. The van der Waals surface area contributed by atoms with E-state index < -0.39 is 15.9 Å². The summed E-state index contributed by atoms with van der Waals surface area (Å²) in [6, 6.07) is 4.55. The van der Waals surface area contributed by atoms with E-state index in [1.54, 1.807) is 6.92 Å². The first-order valence-electron chi connectivity index (χ1n) is 5.45. The summed E-state index contributed by atoms with van der Waals surface area (Å²) in [6.07, 6.45) is 0. The van der Waals surface area contributed by atoms with Crippen molar-refractivity contribution in [2.24, 2.45) is 5.73 Å². The van der Waals surface area contributed by atoms with Gasteiger partial charge in [0.2, 0.25) is 15.9 Å². The lowest BCUT2D eigenvalue weighted by Crippen LogP contribution is -2.38. The molecular formula is C11H14Cl2N2O3S. The van der Waals surface area contributed by atoms with Gasteiger partial charge in [-0.3, -0.25) is 4.79 Å². The molecule has 0 radical (unpaired) electrons. The number of nitrogens with two attached hydrogens (primary N) is 1. The summed E-state index contributed by atoms with van der Waals surface area (Å²) >= 11 is 11.6. The van der Waals surface area contributed by atoms with Gasteiger partial charge in [-0.05, 0) is 23.8 Å². The lowest BCUT2D eigenvalue weighted by molar-refractivity contribution is -0.118. The monoisotopic (exact) mass is 324 g/mol. The van der Waals surface area contributed by atoms with Crippen molar-refractivity contribution in [2.45, 2.75) is 12.7 Å². The lowest BCUT2D eigenvalue weighted by atomic mass is 10.2. The highest BCUT2D eigenvalue weighted by atomic mass is 35.5. The normalized spacial score (nSPS) is 11.8. The first kappa shape index (κ1) is 16.2. The van der Waals surface area contributed by atoms with Crippen molar-refractivity contribution in [2.75, 3.05) is 13.1 Å². The van der Waals surface area contributed by atoms with Gasteiger partial charge in [0.05, 0.1) is 12.3 Å². The Morgan fingerprint density at radius 2 is 1.79 bits per heavy atom. The smallest absolute Gasteiger partial charge is 0.232 e. The molecule has 0 aliphatic rings. The molecule has 1 rings (SSSR count). The summed E-state index contributed by atoms with van der Waals surface area (Å²) in [6.45, 7) is 1.46. The molecule has 0 spiro atoms.